The van der Waals surface area contributed by atoms with Gasteiger partial charge in [-0.2, -0.15) is 0 Å². The van der Waals surface area contributed by atoms with Crippen molar-refractivity contribution in [3.05, 3.63) is 0 Å². The van der Waals surface area contributed by atoms with Crippen molar-refractivity contribution in [1.82, 2.24) is 0 Å². The molecule has 0 N–H and O–H groups in total. The summed E-state index contributed by atoms with van der Waals surface area (Å²) in [5.74, 6) is 0.796. The van der Waals surface area contributed by atoms with Crippen molar-refractivity contribution in [2.24, 2.45) is 5.92 Å². The van der Waals surface area contributed by atoms with Crippen LogP contribution >= 0.6 is 0 Å². The number of hydrogen-bond acceptors (Lipinski definition) is 2. The minimum atomic E-state index is 0.247. The molecular formula is C8H14O2. The molecule has 0 saturated carbocycles. The molecule has 1 aliphatic heterocycles. The first-order chi connectivity index (χ1) is 4.70. The standard InChI is InChI=1S/C8H14O2/c1-6(2)8-4-3-7(9)5-10-8/h6,8H,3-5H2,1-2H3. The Kier molecular flexibility index (Phi) is 2.44. The Morgan fingerprint density at radius 2 is 2.30 bits per heavy atom. The molecular weight excluding hydrogens is 128 g/mol. The first-order valence-corrected chi connectivity index (χ1v) is 3.83. The molecule has 1 saturated heterocycles. The molecule has 10 heavy (non-hydrogen) atoms. The summed E-state index contributed by atoms with van der Waals surface area (Å²) in [6.45, 7) is 4.59. The van der Waals surface area contributed by atoms with Gasteiger partial charge in [-0.05, 0) is 12.3 Å². The topological polar surface area (TPSA) is 26.3 Å². The average molecular weight is 142 g/mol. The molecule has 0 radical (unpaired) electrons. The van der Waals surface area contributed by atoms with Crippen molar-refractivity contribution in [2.45, 2.75) is 32.8 Å². The molecule has 0 amide bonds. The van der Waals surface area contributed by atoms with Crippen LogP contribution in [0.4, 0.5) is 0 Å². The van der Waals surface area contributed by atoms with E-state index in [1.165, 1.54) is 0 Å². The summed E-state index contributed by atoms with van der Waals surface area (Å²) in [5.41, 5.74) is 0. The molecule has 0 spiro atoms. The molecule has 58 valence electrons. The fourth-order valence-electron chi connectivity index (χ4n) is 1.18. The predicted octanol–water partition coefficient (Wildman–Crippen LogP) is 1.39. The molecule has 0 bridgehead atoms. The molecule has 1 fully saturated rings. The zero-order valence-electron chi connectivity index (χ0n) is 6.59. The first-order valence-electron chi connectivity index (χ1n) is 3.83. The maximum absolute atomic E-state index is 10.7. The second-order valence-electron chi connectivity index (χ2n) is 3.17. The number of ketones is 1. The highest BCUT2D eigenvalue weighted by atomic mass is 16.5. The van der Waals surface area contributed by atoms with Gasteiger partial charge < -0.3 is 4.74 Å². The summed E-state index contributed by atoms with van der Waals surface area (Å²) in [5, 5.41) is 0. The van der Waals surface area contributed by atoms with Crippen LogP contribution in [0, 0.1) is 5.92 Å². The van der Waals surface area contributed by atoms with Crippen molar-refractivity contribution in [1.29, 1.82) is 0 Å². The molecule has 2 nitrogen and oxygen atoms in total. The summed E-state index contributed by atoms with van der Waals surface area (Å²) in [6.07, 6.45) is 1.94. The smallest absolute Gasteiger partial charge is 0.158 e. The van der Waals surface area contributed by atoms with E-state index in [0.717, 1.165) is 6.42 Å². The number of rotatable bonds is 1. The van der Waals surface area contributed by atoms with Crippen molar-refractivity contribution < 1.29 is 9.53 Å². The lowest BCUT2D eigenvalue weighted by Gasteiger charge is -2.24. The van der Waals surface area contributed by atoms with E-state index in [1.54, 1.807) is 0 Å². The highest BCUT2D eigenvalue weighted by molar-refractivity contribution is 5.80. The zero-order valence-corrected chi connectivity index (χ0v) is 6.59. The highest BCUT2D eigenvalue weighted by Gasteiger charge is 2.21. The zero-order chi connectivity index (χ0) is 7.56. The van der Waals surface area contributed by atoms with Gasteiger partial charge in [-0.15, -0.1) is 0 Å². The van der Waals surface area contributed by atoms with Gasteiger partial charge in [-0.1, -0.05) is 13.8 Å². The molecule has 2 heteroatoms. The summed E-state index contributed by atoms with van der Waals surface area (Å²) < 4.78 is 5.30. The van der Waals surface area contributed by atoms with E-state index in [0.29, 0.717) is 25.0 Å². The third kappa shape index (κ3) is 1.81. The second kappa shape index (κ2) is 3.15. The van der Waals surface area contributed by atoms with E-state index in [4.69, 9.17) is 4.74 Å². The summed E-state index contributed by atoms with van der Waals surface area (Å²) in [4.78, 5) is 10.7. The minimum Gasteiger partial charge on any atom is -0.370 e. The molecule has 0 aromatic rings. The second-order valence-corrected chi connectivity index (χ2v) is 3.17. The van der Waals surface area contributed by atoms with E-state index in [9.17, 15) is 4.79 Å². The van der Waals surface area contributed by atoms with Crippen molar-refractivity contribution in [3.63, 3.8) is 0 Å². The van der Waals surface area contributed by atoms with Gasteiger partial charge in [0.1, 0.15) is 6.61 Å². The van der Waals surface area contributed by atoms with Crippen molar-refractivity contribution in [3.8, 4) is 0 Å². The number of Topliss-reactive ketones (excluding diaryl/α,β-unsaturated/α-hetero) is 1. The lowest BCUT2D eigenvalue weighted by atomic mass is 9.99. The largest absolute Gasteiger partial charge is 0.370 e. The predicted molar refractivity (Wildman–Crippen MR) is 38.8 cm³/mol. The van der Waals surface area contributed by atoms with E-state index < -0.39 is 0 Å². The van der Waals surface area contributed by atoms with Gasteiger partial charge in [-0.3, -0.25) is 4.79 Å². The van der Waals surface area contributed by atoms with Crippen LogP contribution in [0.1, 0.15) is 26.7 Å². The molecule has 1 aliphatic rings. The van der Waals surface area contributed by atoms with Crippen molar-refractivity contribution in [2.75, 3.05) is 6.61 Å². The Morgan fingerprint density at radius 3 is 2.70 bits per heavy atom. The molecule has 0 aromatic heterocycles. The van der Waals surface area contributed by atoms with Crippen LogP contribution in [-0.4, -0.2) is 18.5 Å². The number of hydrogen-bond donors (Lipinski definition) is 0. The van der Waals surface area contributed by atoms with Gasteiger partial charge >= 0.3 is 0 Å². The van der Waals surface area contributed by atoms with Crippen LogP contribution in [0.15, 0.2) is 0 Å². The third-order valence-electron chi connectivity index (χ3n) is 1.91. The Balaban J connectivity index is 2.33. The van der Waals surface area contributed by atoms with Gasteiger partial charge in [0, 0.05) is 6.42 Å². The number of carbonyl (C=O) groups is 1. The Hall–Kier alpha value is -0.370. The normalized spacial score (nSPS) is 27.5. The van der Waals surface area contributed by atoms with E-state index >= 15 is 0 Å². The van der Waals surface area contributed by atoms with E-state index in [-0.39, 0.29) is 5.78 Å². The summed E-state index contributed by atoms with van der Waals surface area (Å²) >= 11 is 0. The Morgan fingerprint density at radius 1 is 1.60 bits per heavy atom. The van der Waals surface area contributed by atoms with Gasteiger partial charge in [-0.25, -0.2) is 0 Å². The fraction of sp³-hybridized carbons (Fsp3) is 0.875. The van der Waals surface area contributed by atoms with Crippen LogP contribution in [0.3, 0.4) is 0 Å². The maximum Gasteiger partial charge on any atom is 0.158 e. The fourth-order valence-corrected chi connectivity index (χ4v) is 1.18. The molecule has 1 unspecified atom stereocenters. The van der Waals surface area contributed by atoms with Crippen LogP contribution in [0.25, 0.3) is 0 Å². The van der Waals surface area contributed by atoms with Gasteiger partial charge in [0.25, 0.3) is 0 Å². The molecule has 1 heterocycles. The third-order valence-corrected chi connectivity index (χ3v) is 1.91. The summed E-state index contributed by atoms with van der Waals surface area (Å²) in [6, 6.07) is 0. The highest BCUT2D eigenvalue weighted by Crippen LogP contribution is 2.17. The number of ether oxygens (including phenoxy) is 1. The molecule has 0 aliphatic carbocycles. The molecule has 1 rings (SSSR count). The van der Waals surface area contributed by atoms with Gasteiger partial charge in [0.2, 0.25) is 0 Å². The van der Waals surface area contributed by atoms with E-state index in [1.807, 2.05) is 0 Å². The van der Waals surface area contributed by atoms with Gasteiger partial charge in [0.15, 0.2) is 5.78 Å². The lowest BCUT2D eigenvalue weighted by molar-refractivity contribution is -0.133. The summed E-state index contributed by atoms with van der Waals surface area (Å²) in [7, 11) is 0. The van der Waals surface area contributed by atoms with Crippen LogP contribution in [-0.2, 0) is 9.53 Å². The van der Waals surface area contributed by atoms with Crippen LogP contribution in [0.5, 0.6) is 0 Å². The minimum absolute atomic E-state index is 0.247. The first kappa shape index (κ1) is 7.73. The Labute approximate surface area is 61.6 Å². The average Bonchev–Trinajstić information content (AvgIpc) is 1.88. The van der Waals surface area contributed by atoms with Crippen LogP contribution < -0.4 is 0 Å². The lowest BCUT2D eigenvalue weighted by Crippen LogP contribution is -2.29. The molecule has 0 aromatic carbocycles. The Bertz CT molecular complexity index is 119. The quantitative estimate of drug-likeness (QED) is 0.553. The molecule has 1 atom stereocenters. The maximum atomic E-state index is 10.7. The monoisotopic (exact) mass is 142 g/mol. The van der Waals surface area contributed by atoms with E-state index in [2.05, 4.69) is 13.8 Å². The van der Waals surface area contributed by atoms with Gasteiger partial charge in [0.05, 0.1) is 6.10 Å². The van der Waals surface area contributed by atoms with Crippen LogP contribution in [0.2, 0.25) is 0 Å². The number of carbonyl (C=O) groups excluding carboxylic acids is 1. The SMILES string of the molecule is CC(C)C1CCC(=O)CO1. The van der Waals surface area contributed by atoms with Crippen molar-refractivity contribution >= 4 is 5.78 Å².